The van der Waals surface area contributed by atoms with Crippen molar-refractivity contribution in [3.63, 3.8) is 0 Å². The second-order valence-corrected chi connectivity index (χ2v) is 15.6. The lowest BCUT2D eigenvalue weighted by atomic mass is 10.1. The van der Waals surface area contributed by atoms with Crippen molar-refractivity contribution in [2.45, 2.75) is 62.6 Å². The normalized spacial score (nSPS) is 14.5. The molecule has 8 heteroatoms. The van der Waals surface area contributed by atoms with Gasteiger partial charge in [0.15, 0.2) is 10.0 Å². The van der Waals surface area contributed by atoms with Crippen LogP contribution in [0.3, 0.4) is 0 Å². The van der Waals surface area contributed by atoms with E-state index < -0.39 is 29.7 Å². The zero-order valence-electron chi connectivity index (χ0n) is 13.5. The fourth-order valence-corrected chi connectivity index (χ4v) is 7.82. The number of sulfonamides is 1. The number of thiophene rings is 1. The first-order valence-corrected chi connectivity index (χ1v) is 11.9. The summed E-state index contributed by atoms with van der Waals surface area (Å²) in [6.07, 6.45) is 0. The van der Waals surface area contributed by atoms with E-state index in [0.717, 1.165) is 17.4 Å². The Morgan fingerprint density at radius 2 is 1.71 bits per heavy atom. The molecule has 2 N–H and O–H groups in total. The Kier molecular flexibility index (Phi) is 4.84. The van der Waals surface area contributed by atoms with Crippen molar-refractivity contribution in [1.82, 2.24) is 4.39 Å². The lowest BCUT2D eigenvalue weighted by molar-refractivity contribution is 0.0823. The number of hydrogen-bond acceptors (Lipinski definition) is 4. The molecule has 1 heterocycles. The van der Waals surface area contributed by atoms with Crippen molar-refractivity contribution >= 4 is 29.6 Å². The molecule has 1 rings (SSSR count). The van der Waals surface area contributed by atoms with Crippen LogP contribution in [0.4, 0.5) is 4.39 Å². The Morgan fingerprint density at radius 1 is 1.24 bits per heavy atom. The fraction of sp³-hybridized carbons (Fsp3) is 0.692. The third-order valence-corrected chi connectivity index (χ3v) is 13.4. The molecule has 0 saturated heterocycles. The predicted octanol–water partition coefficient (Wildman–Crippen LogP) is 3.40. The zero-order valence-corrected chi connectivity index (χ0v) is 16.2. The van der Waals surface area contributed by atoms with Crippen molar-refractivity contribution < 1.29 is 17.9 Å². The lowest BCUT2D eigenvalue weighted by Crippen LogP contribution is -2.54. The Hall–Kier alpha value is -0.283. The molecule has 0 amide bonds. The minimum absolute atomic E-state index is 0.202. The molecule has 0 aliphatic rings. The van der Waals surface area contributed by atoms with Crippen LogP contribution in [0.2, 0.25) is 18.1 Å². The predicted molar refractivity (Wildman–Crippen MR) is 87.0 cm³/mol. The van der Waals surface area contributed by atoms with Crippen LogP contribution in [0.1, 0.15) is 39.5 Å². The third-order valence-electron chi connectivity index (χ3n) is 3.77. The summed E-state index contributed by atoms with van der Waals surface area (Å²) in [6.45, 7) is 12.7. The minimum Gasteiger partial charge on any atom is -0.385 e. The summed E-state index contributed by atoms with van der Waals surface area (Å²) in [6, 6.07) is 1.09. The molecule has 0 aliphatic heterocycles. The number of nitrogens with one attached hydrogen (secondary N) is 1. The summed E-state index contributed by atoms with van der Waals surface area (Å²) in [4.78, 5) is 0.288. The molecule has 0 saturated carbocycles. The molecule has 21 heavy (non-hydrogen) atoms. The lowest BCUT2D eigenvalue weighted by Gasteiger charge is -2.36. The molecular weight excluding hydrogens is 329 g/mol. The van der Waals surface area contributed by atoms with Crippen molar-refractivity contribution in [3.05, 3.63) is 16.8 Å². The van der Waals surface area contributed by atoms with E-state index in [0.29, 0.717) is 0 Å². The highest BCUT2D eigenvalue weighted by atomic mass is 32.2. The number of rotatable bonds is 4. The molecule has 0 fully saturated rings. The van der Waals surface area contributed by atoms with Crippen LogP contribution >= 0.6 is 11.3 Å². The van der Waals surface area contributed by atoms with E-state index in [1.807, 2.05) is 33.9 Å². The number of aliphatic hydroxyl groups is 1. The maximum atomic E-state index is 14.0. The van der Waals surface area contributed by atoms with Crippen LogP contribution in [0.25, 0.3) is 0 Å². The van der Waals surface area contributed by atoms with Gasteiger partial charge in [-0.3, -0.25) is 0 Å². The molecule has 0 spiro atoms. The Bertz CT molecular complexity index is 625. The van der Waals surface area contributed by atoms with E-state index in [1.165, 1.54) is 13.8 Å². The van der Waals surface area contributed by atoms with Gasteiger partial charge in [-0.15, -0.1) is 11.3 Å². The first-order valence-electron chi connectivity index (χ1n) is 6.64. The molecule has 0 aliphatic carbocycles. The summed E-state index contributed by atoms with van der Waals surface area (Å²) in [5, 5.41) is 9.69. The van der Waals surface area contributed by atoms with Crippen LogP contribution in [0.15, 0.2) is 10.3 Å². The highest BCUT2D eigenvalue weighted by Gasteiger charge is 2.41. The average Bonchev–Trinajstić information content (AvgIpc) is 2.56. The molecule has 0 aromatic carbocycles. The van der Waals surface area contributed by atoms with E-state index in [1.54, 1.807) is 0 Å². The standard InChI is InChI=1S/C13H24FNO3S2Si/c1-12(2,3)21(6,7)15-20(17,18)11-9(14)8-10(19-11)13(4,5)16/h8,15-16H,1-7H3. The third kappa shape index (κ3) is 4.13. The Balaban J connectivity index is 3.25. The van der Waals surface area contributed by atoms with Gasteiger partial charge in [0.05, 0.1) is 5.60 Å². The van der Waals surface area contributed by atoms with Crippen LogP contribution in [-0.4, -0.2) is 21.8 Å². The van der Waals surface area contributed by atoms with Crippen molar-refractivity contribution in [2.24, 2.45) is 0 Å². The van der Waals surface area contributed by atoms with E-state index in [-0.39, 0.29) is 14.1 Å². The van der Waals surface area contributed by atoms with Crippen LogP contribution in [-0.2, 0) is 15.6 Å². The molecule has 0 radical (unpaired) electrons. The van der Waals surface area contributed by atoms with E-state index in [9.17, 15) is 17.9 Å². The molecule has 0 unspecified atom stereocenters. The van der Waals surface area contributed by atoms with Crippen LogP contribution in [0.5, 0.6) is 0 Å². The summed E-state index contributed by atoms with van der Waals surface area (Å²) in [7, 11) is -6.27. The Labute approximate surface area is 131 Å². The summed E-state index contributed by atoms with van der Waals surface area (Å²) in [5.74, 6) is -0.816. The topological polar surface area (TPSA) is 66.4 Å². The van der Waals surface area contributed by atoms with Gasteiger partial charge in [0.1, 0.15) is 8.24 Å². The highest BCUT2D eigenvalue weighted by Crippen LogP contribution is 2.37. The van der Waals surface area contributed by atoms with Gasteiger partial charge in [-0.1, -0.05) is 33.9 Å². The summed E-state index contributed by atoms with van der Waals surface area (Å²) >= 11 is 0.771. The maximum Gasteiger partial charge on any atom is 0.247 e. The van der Waals surface area contributed by atoms with Gasteiger partial charge >= 0.3 is 0 Å². The first kappa shape index (κ1) is 18.8. The molecule has 0 bridgehead atoms. The summed E-state index contributed by atoms with van der Waals surface area (Å²) in [5.41, 5.74) is -1.27. The second-order valence-electron chi connectivity index (χ2n) is 7.29. The smallest absolute Gasteiger partial charge is 0.247 e. The maximum absolute atomic E-state index is 14.0. The average molecular weight is 354 g/mol. The van der Waals surface area contributed by atoms with Gasteiger partial charge in [0.25, 0.3) is 0 Å². The zero-order chi connectivity index (χ0) is 16.9. The van der Waals surface area contributed by atoms with E-state index >= 15 is 0 Å². The molecule has 1 aromatic heterocycles. The fourth-order valence-electron chi connectivity index (χ4n) is 1.37. The van der Waals surface area contributed by atoms with Crippen molar-refractivity contribution in [1.29, 1.82) is 0 Å². The van der Waals surface area contributed by atoms with Gasteiger partial charge < -0.3 is 5.11 Å². The van der Waals surface area contributed by atoms with E-state index in [4.69, 9.17) is 0 Å². The largest absolute Gasteiger partial charge is 0.385 e. The minimum atomic E-state index is -3.93. The Morgan fingerprint density at radius 3 is 2.05 bits per heavy atom. The van der Waals surface area contributed by atoms with Gasteiger partial charge in [-0.05, 0) is 25.0 Å². The molecule has 0 atom stereocenters. The monoisotopic (exact) mass is 353 g/mol. The molecule has 122 valence electrons. The molecule has 4 nitrogen and oxygen atoms in total. The van der Waals surface area contributed by atoms with Crippen molar-refractivity contribution in [2.75, 3.05) is 0 Å². The molecular formula is C13H24FNO3S2Si. The highest BCUT2D eigenvalue weighted by molar-refractivity contribution is 7.93. The summed E-state index contributed by atoms with van der Waals surface area (Å²) < 4.78 is 41.3. The number of hydrogen-bond donors (Lipinski definition) is 2. The quantitative estimate of drug-likeness (QED) is 0.815. The van der Waals surface area contributed by atoms with Gasteiger partial charge in [0.2, 0.25) is 10.0 Å². The number of halogens is 1. The second kappa shape index (κ2) is 5.41. The SMILES string of the molecule is CC(C)(O)c1cc(F)c(S(=O)(=O)N[Si](C)(C)C(C)(C)C)s1. The van der Waals surface area contributed by atoms with Gasteiger partial charge in [0, 0.05) is 4.88 Å². The van der Waals surface area contributed by atoms with E-state index in [2.05, 4.69) is 4.39 Å². The first-order chi connectivity index (χ1) is 9.08. The molecule has 1 aromatic rings. The van der Waals surface area contributed by atoms with Crippen molar-refractivity contribution in [3.8, 4) is 0 Å². The van der Waals surface area contributed by atoms with Gasteiger partial charge in [-0.25, -0.2) is 17.2 Å². The van der Waals surface area contributed by atoms with Crippen LogP contribution in [0, 0.1) is 5.82 Å². The van der Waals surface area contributed by atoms with Crippen LogP contribution < -0.4 is 4.39 Å². The van der Waals surface area contributed by atoms with Gasteiger partial charge in [-0.2, -0.15) is 0 Å².